The number of esters is 1. The van der Waals surface area contributed by atoms with Gasteiger partial charge in [-0.15, -0.1) is 12.4 Å². The number of carbonyl (C=O) groups is 3. The zero-order valence-electron chi connectivity index (χ0n) is 23.6. The predicted molar refractivity (Wildman–Crippen MR) is 162 cm³/mol. The van der Waals surface area contributed by atoms with Crippen LogP contribution >= 0.6 is 24.0 Å². The highest BCUT2D eigenvalue weighted by atomic mass is 35.5. The lowest BCUT2D eigenvalue weighted by Gasteiger charge is -2.18. The van der Waals surface area contributed by atoms with E-state index >= 15 is 0 Å². The molecule has 3 aromatic rings. The van der Waals surface area contributed by atoms with E-state index in [0.29, 0.717) is 29.4 Å². The largest absolute Gasteiger partial charge is 0.465 e. The van der Waals surface area contributed by atoms with Gasteiger partial charge in [-0.2, -0.15) is 0 Å². The van der Waals surface area contributed by atoms with Gasteiger partial charge in [-0.3, -0.25) is 14.6 Å². The normalized spacial score (nSPS) is 14.1. The van der Waals surface area contributed by atoms with Crippen LogP contribution in [0.4, 0.5) is 4.79 Å². The van der Waals surface area contributed by atoms with Crippen molar-refractivity contribution in [3.63, 3.8) is 0 Å². The number of imidazole rings is 1. The minimum Gasteiger partial charge on any atom is -0.465 e. The number of nitrogens with zero attached hydrogens (tertiary/aromatic N) is 4. The molecule has 0 bridgehead atoms. The van der Waals surface area contributed by atoms with Crippen molar-refractivity contribution in [1.29, 1.82) is 0 Å². The van der Waals surface area contributed by atoms with E-state index in [2.05, 4.69) is 16.5 Å². The highest BCUT2D eigenvalue weighted by Gasteiger charge is 2.40. The van der Waals surface area contributed by atoms with E-state index in [1.54, 1.807) is 36.5 Å². The summed E-state index contributed by atoms with van der Waals surface area (Å²) in [5, 5.41) is 0.607. The Balaban J connectivity index is 0.00000462. The number of hydrogen-bond acceptors (Lipinski definition) is 5. The van der Waals surface area contributed by atoms with Crippen molar-refractivity contribution in [3.05, 3.63) is 93.7 Å². The number of unbranched alkanes of at least 4 members (excludes halogenated alkanes) is 2. The lowest BCUT2D eigenvalue weighted by Crippen LogP contribution is -2.33. The Bertz CT molecular complexity index is 1380. The van der Waals surface area contributed by atoms with Gasteiger partial charge >= 0.3 is 12.0 Å². The van der Waals surface area contributed by atoms with Gasteiger partial charge in [0.05, 0.1) is 31.1 Å². The second-order valence-corrected chi connectivity index (χ2v) is 10.2. The first-order valence-electron chi connectivity index (χ1n) is 13.7. The van der Waals surface area contributed by atoms with Crippen LogP contribution in [0, 0.1) is 0 Å². The summed E-state index contributed by atoms with van der Waals surface area (Å²) in [5.74, 6) is 0.202. The number of carbonyl (C=O) groups excluding carboxylic acids is 3. The van der Waals surface area contributed by atoms with Crippen molar-refractivity contribution in [2.24, 2.45) is 0 Å². The Hall–Kier alpha value is -3.62. The molecule has 0 saturated carbocycles. The van der Waals surface area contributed by atoms with Crippen LogP contribution in [-0.2, 0) is 29.0 Å². The number of halogens is 2. The summed E-state index contributed by atoms with van der Waals surface area (Å²) in [6, 6.07) is 14.2. The Morgan fingerprint density at radius 3 is 2.20 bits per heavy atom. The monoisotopic (exact) mass is 598 g/mol. The Morgan fingerprint density at radius 2 is 1.56 bits per heavy atom. The summed E-state index contributed by atoms with van der Waals surface area (Å²) in [7, 11) is 1.36. The zero-order chi connectivity index (χ0) is 28.6. The summed E-state index contributed by atoms with van der Waals surface area (Å²) in [6.07, 6.45) is 7.91. The molecule has 1 aliphatic rings. The summed E-state index contributed by atoms with van der Waals surface area (Å²) in [6.45, 7) is 5.28. The smallest absolute Gasteiger partial charge is 0.337 e. The average Bonchev–Trinajstić information content (AvgIpc) is 3.44. The highest BCUT2D eigenvalue weighted by molar-refractivity contribution is 6.30. The maximum atomic E-state index is 13.6. The molecule has 0 radical (unpaired) electrons. The fourth-order valence-corrected chi connectivity index (χ4v) is 4.74. The molecule has 8 nitrogen and oxygen atoms in total. The third-order valence-electron chi connectivity index (χ3n) is 6.93. The SMILES string of the molecule is CCCCc1ncc(/C=C2/C(=O)N(CCCC)C(=O)N2Cc2ccc(Cl)cc2)n1Cc1ccc(C(=O)OC)cc1.Cl. The van der Waals surface area contributed by atoms with Gasteiger partial charge in [-0.05, 0) is 54.3 Å². The number of hydrogen-bond donors (Lipinski definition) is 0. The minimum absolute atomic E-state index is 0. The Labute approximate surface area is 252 Å². The van der Waals surface area contributed by atoms with Gasteiger partial charge in [0.1, 0.15) is 11.5 Å². The molecule has 1 aromatic heterocycles. The molecular formula is C31H36Cl2N4O4. The van der Waals surface area contributed by atoms with Crippen LogP contribution < -0.4 is 0 Å². The van der Waals surface area contributed by atoms with Gasteiger partial charge in [-0.25, -0.2) is 14.6 Å². The van der Waals surface area contributed by atoms with E-state index in [4.69, 9.17) is 16.3 Å². The second-order valence-electron chi connectivity index (χ2n) is 9.81. The second kappa shape index (κ2) is 14.8. The molecule has 1 saturated heterocycles. The summed E-state index contributed by atoms with van der Waals surface area (Å²) in [5.41, 5.74) is 3.37. The van der Waals surface area contributed by atoms with Crippen molar-refractivity contribution >= 4 is 48.0 Å². The quantitative estimate of drug-likeness (QED) is 0.131. The van der Waals surface area contributed by atoms with Gasteiger partial charge in [-0.1, -0.05) is 62.6 Å². The lowest BCUT2D eigenvalue weighted by atomic mass is 10.1. The fraction of sp³-hybridized carbons (Fsp3) is 0.355. The van der Waals surface area contributed by atoms with Crippen molar-refractivity contribution in [2.75, 3.05) is 13.7 Å². The van der Waals surface area contributed by atoms with Crippen LogP contribution in [-0.4, -0.2) is 50.9 Å². The molecule has 2 aromatic carbocycles. The van der Waals surface area contributed by atoms with E-state index in [0.717, 1.165) is 54.7 Å². The number of amides is 3. The topological polar surface area (TPSA) is 84.7 Å². The zero-order valence-corrected chi connectivity index (χ0v) is 25.2. The molecule has 10 heteroatoms. The first-order valence-corrected chi connectivity index (χ1v) is 14.0. The number of urea groups is 1. The number of aryl methyl sites for hydroxylation is 1. The van der Waals surface area contributed by atoms with Crippen molar-refractivity contribution in [2.45, 2.75) is 59.0 Å². The van der Waals surface area contributed by atoms with Gasteiger partial charge in [0.2, 0.25) is 0 Å². The molecule has 0 aliphatic carbocycles. The van der Waals surface area contributed by atoms with Crippen LogP contribution in [0.5, 0.6) is 0 Å². The molecule has 0 spiro atoms. The standard InChI is InChI=1S/C31H35ClN4O4.ClH/c1-4-6-8-28-33-19-26(35(28)20-22-9-13-24(14-10-22)30(38)40-3)18-27-29(37)34(17-7-5-2)31(39)36(27)21-23-11-15-25(32)16-12-23;/h9-16,18-19H,4-8,17,20-21H2,1-3H3;1H/b27-18-;. The molecule has 41 heavy (non-hydrogen) atoms. The molecule has 0 N–H and O–H groups in total. The fourth-order valence-electron chi connectivity index (χ4n) is 4.62. The molecule has 1 fully saturated rings. The van der Waals surface area contributed by atoms with Crippen LogP contribution in [0.1, 0.15) is 72.5 Å². The van der Waals surface area contributed by atoms with Crippen molar-refractivity contribution in [1.82, 2.24) is 19.4 Å². The lowest BCUT2D eigenvalue weighted by molar-refractivity contribution is -0.123. The maximum Gasteiger partial charge on any atom is 0.337 e. The summed E-state index contributed by atoms with van der Waals surface area (Å²) in [4.78, 5) is 46.4. The van der Waals surface area contributed by atoms with Gasteiger partial charge in [0.25, 0.3) is 5.91 Å². The molecule has 0 unspecified atom stereocenters. The first-order chi connectivity index (χ1) is 19.4. The Kier molecular flexibility index (Phi) is 11.6. The molecule has 3 amide bonds. The van der Waals surface area contributed by atoms with Crippen molar-refractivity contribution in [3.8, 4) is 0 Å². The average molecular weight is 600 g/mol. The molecule has 0 atom stereocenters. The van der Waals surface area contributed by atoms with Crippen LogP contribution in [0.25, 0.3) is 6.08 Å². The van der Waals surface area contributed by atoms with Crippen LogP contribution in [0.15, 0.2) is 60.4 Å². The first kappa shape index (κ1) is 31.9. The molecule has 2 heterocycles. The van der Waals surface area contributed by atoms with Gasteiger partial charge in [0, 0.05) is 24.5 Å². The van der Waals surface area contributed by atoms with E-state index in [9.17, 15) is 14.4 Å². The maximum absolute atomic E-state index is 13.6. The number of aromatic nitrogens is 2. The van der Waals surface area contributed by atoms with Gasteiger partial charge < -0.3 is 9.30 Å². The summed E-state index contributed by atoms with van der Waals surface area (Å²) < 4.78 is 6.88. The number of ether oxygens (including phenoxy) is 1. The van der Waals surface area contributed by atoms with E-state index in [-0.39, 0.29) is 36.9 Å². The number of rotatable bonds is 12. The van der Waals surface area contributed by atoms with Gasteiger partial charge in [0.15, 0.2) is 0 Å². The molecule has 218 valence electrons. The summed E-state index contributed by atoms with van der Waals surface area (Å²) >= 11 is 6.06. The predicted octanol–water partition coefficient (Wildman–Crippen LogP) is 6.74. The third-order valence-corrected chi connectivity index (χ3v) is 7.18. The Morgan fingerprint density at radius 1 is 0.927 bits per heavy atom. The number of methoxy groups -OCH3 is 1. The number of imide groups is 1. The van der Waals surface area contributed by atoms with E-state index in [1.165, 1.54) is 16.9 Å². The third kappa shape index (κ3) is 7.57. The van der Waals surface area contributed by atoms with Crippen molar-refractivity contribution < 1.29 is 19.1 Å². The van der Waals surface area contributed by atoms with Crippen LogP contribution in [0.3, 0.4) is 0 Å². The molecule has 4 rings (SSSR count). The van der Waals surface area contributed by atoms with E-state index < -0.39 is 0 Å². The number of benzene rings is 2. The molecular weight excluding hydrogens is 563 g/mol. The highest BCUT2D eigenvalue weighted by Crippen LogP contribution is 2.27. The van der Waals surface area contributed by atoms with E-state index in [1.807, 2.05) is 31.2 Å². The minimum atomic E-state index is -0.388. The van der Waals surface area contributed by atoms with Crippen LogP contribution in [0.2, 0.25) is 5.02 Å². The molecule has 1 aliphatic heterocycles.